The van der Waals surface area contributed by atoms with E-state index in [2.05, 4.69) is 21.1 Å². The van der Waals surface area contributed by atoms with Crippen molar-refractivity contribution < 1.29 is 18.3 Å². The van der Waals surface area contributed by atoms with E-state index in [0.29, 0.717) is 37.2 Å². The number of carbonyl (C=O) groups is 1. The van der Waals surface area contributed by atoms with E-state index in [0.717, 1.165) is 35.9 Å². The van der Waals surface area contributed by atoms with Crippen LogP contribution in [0, 0.1) is 0 Å². The first kappa shape index (κ1) is 23.4. The lowest BCUT2D eigenvalue weighted by molar-refractivity contribution is -0.132. The smallest absolute Gasteiger partial charge is 0.301 e. The Morgan fingerprint density at radius 1 is 1.16 bits per heavy atom. The predicted molar refractivity (Wildman–Crippen MR) is 123 cm³/mol. The highest BCUT2D eigenvalue weighted by molar-refractivity contribution is 7.90. The maximum atomic E-state index is 12.5. The molecule has 0 unspecified atom stereocenters. The number of nitrogens with zero attached hydrogens (tertiary/aromatic N) is 3. The van der Waals surface area contributed by atoms with Gasteiger partial charge in [0.1, 0.15) is 11.3 Å². The fourth-order valence-electron chi connectivity index (χ4n) is 4.50. The number of amides is 1. The number of nitrogens with two attached hydrogens (primary N) is 1. The Labute approximate surface area is 184 Å². The van der Waals surface area contributed by atoms with Gasteiger partial charge in [-0.2, -0.15) is 12.7 Å². The molecule has 0 atom stereocenters. The average Bonchev–Trinajstić information content (AvgIpc) is 2.74. The number of piperidine rings is 2. The fraction of sp³-hybridized carbons (Fsp3) is 0.571. The van der Waals surface area contributed by atoms with E-state index in [-0.39, 0.29) is 11.7 Å². The summed E-state index contributed by atoms with van der Waals surface area (Å²) in [4.78, 5) is 16.8. The lowest BCUT2D eigenvalue weighted by atomic mass is 9.83. The molecule has 2 aliphatic heterocycles. The summed E-state index contributed by atoms with van der Waals surface area (Å²) < 4.78 is 27.8. The fourth-order valence-corrected chi connectivity index (χ4v) is 5.11. The molecule has 0 spiro atoms. The second-order valence-corrected chi connectivity index (χ2v) is 10.4. The molecule has 172 valence electrons. The third-order valence-corrected chi connectivity index (χ3v) is 7.84. The maximum Gasteiger partial charge on any atom is 0.301 e. The van der Waals surface area contributed by atoms with Crippen molar-refractivity contribution in [2.75, 3.05) is 49.9 Å². The molecule has 0 radical (unpaired) electrons. The highest BCUT2D eigenvalue weighted by Crippen LogP contribution is 2.36. The number of likely N-dealkylation sites (tertiary alicyclic amines) is 1. The first-order chi connectivity index (χ1) is 14.6. The molecule has 2 saturated heterocycles. The minimum Gasteiger partial charge on any atom is -0.508 e. The molecule has 31 heavy (non-hydrogen) atoms. The zero-order valence-electron chi connectivity index (χ0n) is 18.3. The van der Waals surface area contributed by atoms with Gasteiger partial charge in [-0.25, -0.2) is 0 Å². The number of nitrogens with one attached hydrogen (secondary N) is 1. The summed E-state index contributed by atoms with van der Waals surface area (Å²) >= 11 is 0. The molecule has 10 heteroatoms. The first-order valence-corrected chi connectivity index (χ1v) is 12.0. The van der Waals surface area contributed by atoms with Crippen LogP contribution in [0.4, 0.5) is 11.4 Å². The van der Waals surface area contributed by atoms with E-state index in [9.17, 15) is 18.3 Å². The third-order valence-electron chi connectivity index (χ3n) is 6.39. The number of hydrogen-bond donors (Lipinski definition) is 3. The summed E-state index contributed by atoms with van der Waals surface area (Å²) in [6, 6.07) is 4.99. The molecule has 0 saturated carbocycles. The predicted octanol–water partition coefficient (Wildman–Crippen LogP) is 1.74. The van der Waals surface area contributed by atoms with Crippen LogP contribution in [0.15, 0.2) is 24.8 Å². The van der Waals surface area contributed by atoms with E-state index >= 15 is 0 Å². The minimum absolute atomic E-state index is 0.149. The van der Waals surface area contributed by atoms with E-state index in [1.165, 1.54) is 20.5 Å². The van der Waals surface area contributed by atoms with Crippen molar-refractivity contribution in [1.29, 1.82) is 0 Å². The van der Waals surface area contributed by atoms with Gasteiger partial charge in [-0.3, -0.25) is 14.4 Å². The number of rotatable bonds is 7. The molecule has 2 fully saturated rings. The molecule has 3 rings (SSSR count). The molecule has 1 aromatic rings. The molecular formula is C21H33N5O4S. The van der Waals surface area contributed by atoms with Crippen LogP contribution in [0.5, 0.6) is 0 Å². The van der Waals surface area contributed by atoms with Crippen LogP contribution in [0.1, 0.15) is 37.7 Å². The highest BCUT2D eigenvalue weighted by atomic mass is 32.2. The van der Waals surface area contributed by atoms with Gasteiger partial charge in [0.05, 0.1) is 5.69 Å². The van der Waals surface area contributed by atoms with Gasteiger partial charge in [0.2, 0.25) is 5.91 Å². The van der Waals surface area contributed by atoms with E-state index in [1.54, 1.807) is 18.2 Å². The molecule has 2 heterocycles. The van der Waals surface area contributed by atoms with Gasteiger partial charge in [-0.05, 0) is 57.0 Å². The normalized spacial score (nSPS) is 19.9. The second-order valence-electron chi connectivity index (χ2n) is 8.50. The van der Waals surface area contributed by atoms with Crippen LogP contribution in [0.2, 0.25) is 0 Å². The maximum absolute atomic E-state index is 12.5. The summed E-state index contributed by atoms with van der Waals surface area (Å²) in [6.45, 7) is 6.62. The van der Waals surface area contributed by atoms with Gasteiger partial charge in [0, 0.05) is 38.4 Å². The highest BCUT2D eigenvalue weighted by Gasteiger charge is 2.45. The van der Waals surface area contributed by atoms with Gasteiger partial charge in [0.15, 0.2) is 0 Å². The molecule has 0 aliphatic carbocycles. The largest absolute Gasteiger partial charge is 0.508 e. The van der Waals surface area contributed by atoms with Crippen molar-refractivity contribution in [3.63, 3.8) is 0 Å². The SMILES string of the molecule is C=C(O)c1cc(NS(=O)(=O)N(C)C)ccc1N1CCC(C(N)=O)(N2CCCCC2)CC1. The van der Waals surface area contributed by atoms with Crippen LogP contribution in [-0.4, -0.2) is 74.4 Å². The molecule has 2 aliphatic rings. The van der Waals surface area contributed by atoms with Gasteiger partial charge in [-0.1, -0.05) is 13.0 Å². The Kier molecular flexibility index (Phi) is 6.82. The summed E-state index contributed by atoms with van der Waals surface area (Å²) in [7, 11) is -0.799. The van der Waals surface area contributed by atoms with Crippen molar-refractivity contribution in [1.82, 2.24) is 9.21 Å². The summed E-state index contributed by atoms with van der Waals surface area (Å²) in [6.07, 6.45) is 4.56. The quantitative estimate of drug-likeness (QED) is 0.544. The summed E-state index contributed by atoms with van der Waals surface area (Å²) in [5, 5.41) is 10.2. The lowest BCUT2D eigenvalue weighted by Crippen LogP contribution is -2.63. The van der Waals surface area contributed by atoms with Gasteiger partial charge >= 0.3 is 10.2 Å². The third kappa shape index (κ3) is 4.81. The van der Waals surface area contributed by atoms with Gasteiger partial charge in [-0.15, -0.1) is 0 Å². The van der Waals surface area contributed by atoms with Gasteiger partial charge in [0.25, 0.3) is 0 Å². The number of aliphatic hydroxyl groups excluding tert-OH is 1. The molecule has 9 nitrogen and oxygen atoms in total. The van der Waals surface area contributed by atoms with E-state index in [4.69, 9.17) is 5.73 Å². The number of carbonyl (C=O) groups excluding carboxylic acids is 1. The van der Waals surface area contributed by atoms with Crippen LogP contribution in [-0.2, 0) is 15.0 Å². The molecule has 0 bridgehead atoms. The number of aliphatic hydroxyl groups is 1. The summed E-state index contributed by atoms with van der Waals surface area (Å²) in [5.41, 5.74) is 6.77. The van der Waals surface area contributed by atoms with Crippen LogP contribution >= 0.6 is 0 Å². The Morgan fingerprint density at radius 2 is 1.77 bits per heavy atom. The van der Waals surface area contributed by atoms with Crippen LogP contribution in [0.25, 0.3) is 5.76 Å². The Morgan fingerprint density at radius 3 is 2.29 bits per heavy atom. The second kappa shape index (κ2) is 9.05. The Balaban J connectivity index is 1.82. The number of benzene rings is 1. The number of anilines is 2. The van der Waals surface area contributed by atoms with E-state index in [1.807, 2.05) is 0 Å². The molecular weight excluding hydrogens is 418 g/mol. The first-order valence-electron chi connectivity index (χ1n) is 10.6. The Bertz CT molecular complexity index is 933. The number of hydrogen-bond acceptors (Lipinski definition) is 6. The molecule has 1 aromatic carbocycles. The molecule has 1 amide bonds. The molecule has 4 N–H and O–H groups in total. The Hall–Kier alpha value is -2.30. The van der Waals surface area contributed by atoms with Gasteiger partial charge < -0.3 is 15.7 Å². The standard InChI is InChI=1S/C21H33N5O4S/c1-16(27)18-15-17(23-31(29,30)24(2)3)7-8-19(18)25-13-9-21(10-14-25,20(22)28)26-11-5-4-6-12-26/h7-8,15,23,27H,1,4-6,9-14H2,2-3H3,(H2,22,28). The minimum atomic E-state index is -3.67. The van der Waals surface area contributed by atoms with E-state index < -0.39 is 15.7 Å². The van der Waals surface area contributed by atoms with Crippen molar-refractivity contribution in [2.45, 2.75) is 37.6 Å². The van der Waals surface area contributed by atoms with Crippen molar-refractivity contribution in [2.24, 2.45) is 5.73 Å². The zero-order valence-corrected chi connectivity index (χ0v) is 19.1. The average molecular weight is 452 g/mol. The van der Waals surface area contributed by atoms with Crippen molar-refractivity contribution in [3.05, 3.63) is 30.3 Å². The number of primary amides is 1. The topological polar surface area (TPSA) is 119 Å². The van der Waals surface area contributed by atoms with Crippen LogP contribution < -0.4 is 15.4 Å². The zero-order chi connectivity index (χ0) is 22.8. The van der Waals surface area contributed by atoms with Crippen LogP contribution in [0.3, 0.4) is 0 Å². The lowest BCUT2D eigenvalue weighted by Gasteiger charge is -2.48. The van der Waals surface area contributed by atoms with Crippen molar-refractivity contribution in [3.8, 4) is 0 Å². The summed E-state index contributed by atoms with van der Waals surface area (Å²) in [5.74, 6) is -0.419. The monoisotopic (exact) mass is 451 g/mol. The van der Waals surface area contributed by atoms with Crippen molar-refractivity contribution >= 4 is 33.3 Å². The molecule has 0 aromatic heterocycles.